The zero-order valence-corrected chi connectivity index (χ0v) is 14.7. The van der Waals surface area contributed by atoms with Crippen molar-refractivity contribution in [3.05, 3.63) is 52.2 Å². The molecule has 26 heavy (non-hydrogen) atoms. The number of ketones is 1. The molecule has 1 N–H and O–H groups in total. The number of esters is 1. The van der Waals surface area contributed by atoms with E-state index in [2.05, 4.69) is 5.32 Å². The van der Waals surface area contributed by atoms with Gasteiger partial charge in [-0.05, 0) is 30.5 Å². The number of nitrogens with zero attached hydrogens (tertiary/aromatic N) is 1. The lowest BCUT2D eigenvalue weighted by atomic mass is 10.1. The zero-order valence-electron chi connectivity index (χ0n) is 13.9. The van der Waals surface area contributed by atoms with E-state index in [0.717, 1.165) is 9.78 Å². The summed E-state index contributed by atoms with van der Waals surface area (Å²) in [5.41, 5.74) is 0.628. The van der Waals surface area contributed by atoms with Crippen LogP contribution in [0.1, 0.15) is 28.2 Å². The molecule has 0 bridgehead atoms. The molecule has 0 aliphatic carbocycles. The number of carbonyl (C=O) groups is 4. The van der Waals surface area contributed by atoms with Gasteiger partial charge in [0.05, 0.1) is 17.3 Å². The average Bonchev–Trinajstić information content (AvgIpc) is 3.24. The summed E-state index contributed by atoms with van der Waals surface area (Å²) in [6, 6.07) is 10.0. The van der Waals surface area contributed by atoms with Crippen molar-refractivity contribution < 1.29 is 23.9 Å². The van der Waals surface area contributed by atoms with E-state index in [1.807, 2.05) is 24.4 Å². The van der Waals surface area contributed by atoms with Gasteiger partial charge in [0, 0.05) is 4.88 Å². The van der Waals surface area contributed by atoms with Gasteiger partial charge in [0.2, 0.25) is 0 Å². The fourth-order valence-electron chi connectivity index (χ4n) is 2.62. The van der Waals surface area contributed by atoms with Crippen LogP contribution >= 0.6 is 11.3 Å². The highest BCUT2D eigenvalue weighted by Gasteiger charge is 2.36. The number of amides is 2. The van der Waals surface area contributed by atoms with Crippen LogP contribution in [0.4, 0.5) is 5.69 Å². The SMILES string of the molecule is C[C@H](NC(=O)COC(=O)CN1C(=O)C(=O)c2ccccc21)c1cccs1. The molecule has 0 radical (unpaired) electrons. The fraction of sp³-hybridized carbons (Fsp3) is 0.222. The first kappa shape index (κ1) is 17.8. The van der Waals surface area contributed by atoms with Crippen LogP contribution in [-0.4, -0.2) is 36.7 Å². The smallest absolute Gasteiger partial charge is 0.326 e. The predicted octanol–water partition coefficient (Wildman–Crippen LogP) is 1.70. The van der Waals surface area contributed by atoms with E-state index in [9.17, 15) is 19.2 Å². The monoisotopic (exact) mass is 372 g/mol. The molecule has 0 saturated carbocycles. The first-order valence-corrected chi connectivity index (χ1v) is 8.79. The number of hydrogen-bond donors (Lipinski definition) is 1. The number of carbonyl (C=O) groups excluding carboxylic acids is 4. The Hall–Kier alpha value is -3.00. The molecule has 1 aromatic heterocycles. The van der Waals surface area contributed by atoms with Crippen LogP contribution in [-0.2, 0) is 19.1 Å². The Balaban J connectivity index is 1.52. The van der Waals surface area contributed by atoms with Gasteiger partial charge in [-0.3, -0.25) is 24.1 Å². The summed E-state index contributed by atoms with van der Waals surface area (Å²) in [5, 5.41) is 4.63. The number of Topliss-reactive ketones (excluding diaryl/α,β-unsaturated/α-hetero) is 1. The van der Waals surface area contributed by atoms with E-state index in [-0.39, 0.29) is 11.6 Å². The van der Waals surface area contributed by atoms with Gasteiger partial charge in [0.1, 0.15) is 6.54 Å². The highest BCUT2D eigenvalue weighted by atomic mass is 32.1. The Morgan fingerprint density at radius 3 is 2.69 bits per heavy atom. The van der Waals surface area contributed by atoms with E-state index in [1.165, 1.54) is 17.4 Å². The molecule has 0 unspecified atom stereocenters. The largest absolute Gasteiger partial charge is 0.454 e. The summed E-state index contributed by atoms with van der Waals surface area (Å²) >= 11 is 1.51. The third-order valence-electron chi connectivity index (χ3n) is 3.88. The Morgan fingerprint density at radius 1 is 1.19 bits per heavy atom. The standard InChI is InChI=1S/C18H16N2O5S/c1-11(14-7-4-8-26-14)19-15(21)10-25-16(22)9-20-13-6-3-2-5-12(13)17(23)18(20)24/h2-8,11H,9-10H2,1H3,(H,19,21)/t11-/m0/s1. The highest BCUT2D eigenvalue weighted by Crippen LogP contribution is 2.28. The second-order valence-electron chi connectivity index (χ2n) is 5.70. The van der Waals surface area contributed by atoms with Crippen LogP contribution < -0.4 is 10.2 Å². The Bertz CT molecular complexity index is 862. The minimum Gasteiger partial charge on any atom is -0.454 e. The molecule has 0 fully saturated rings. The van der Waals surface area contributed by atoms with E-state index >= 15 is 0 Å². The number of hydrogen-bond acceptors (Lipinski definition) is 6. The molecule has 134 valence electrons. The fourth-order valence-corrected chi connectivity index (χ4v) is 3.35. The minimum atomic E-state index is -0.779. The zero-order chi connectivity index (χ0) is 18.7. The molecule has 1 aliphatic heterocycles. The highest BCUT2D eigenvalue weighted by molar-refractivity contribution is 7.10. The molecule has 0 spiro atoms. The molecule has 8 heteroatoms. The summed E-state index contributed by atoms with van der Waals surface area (Å²) in [6.07, 6.45) is 0. The maximum atomic E-state index is 12.0. The van der Waals surface area contributed by atoms with E-state index in [1.54, 1.807) is 18.2 Å². The molecule has 2 heterocycles. The van der Waals surface area contributed by atoms with Crippen molar-refractivity contribution in [2.24, 2.45) is 0 Å². The van der Waals surface area contributed by atoms with Crippen molar-refractivity contribution in [1.29, 1.82) is 0 Å². The molecule has 1 aromatic carbocycles. The third-order valence-corrected chi connectivity index (χ3v) is 4.93. The Kier molecular flexibility index (Phi) is 5.13. The molecule has 0 saturated heterocycles. The summed E-state index contributed by atoms with van der Waals surface area (Å²) in [7, 11) is 0. The molecular formula is C18H16N2O5S. The minimum absolute atomic E-state index is 0.189. The first-order chi connectivity index (χ1) is 12.5. The van der Waals surface area contributed by atoms with Crippen molar-refractivity contribution in [2.45, 2.75) is 13.0 Å². The second-order valence-corrected chi connectivity index (χ2v) is 6.68. The van der Waals surface area contributed by atoms with Crippen LogP contribution in [0.3, 0.4) is 0 Å². The Labute approximate surface area is 153 Å². The van der Waals surface area contributed by atoms with Gasteiger partial charge >= 0.3 is 5.97 Å². The summed E-state index contributed by atoms with van der Waals surface area (Å²) in [6.45, 7) is 0.957. The lowest BCUT2D eigenvalue weighted by molar-refractivity contribution is -0.147. The Morgan fingerprint density at radius 2 is 1.96 bits per heavy atom. The molecule has 3 rings (SSSR count). The lowest BCUT2D eigenvalue weighted by Crippen LogP contribution is -2.37. The summed E-state index contributed by atoms with van der Waals surface area (Å²) in [5.74, 6) is -2.64. The lowest BCUT2D eigenvalue weighted by Gasteiger charge is -2.16. The molecular weight excluding hydrogens is 356 g/mol. The number of ether oxygens (including phenoxy) is 1. The number of para-hydroxylation sites is 1. The van der Waals surface area contributed by atoms with Gasteiger partial charge in [-0.2, -0.15) is 0 Å². The molecule has 2 amide bonds. The van der Waals surface area contributed by atoms with Crippen molar-refractivity contribution in [3.63, 3.8) is 0 Å². The number of nitrogens with one attached hydrogen (secondary N) is 1. The van der Waals surface area contributed by atoms with Gasteiger partial charge in [0.15, 0.2) is 6.61 Å². The van der Waals surface area contributed by atoms with E-state index in [0.29, 0.717) is 5.69 Å². The van der Waals surface area contributed by atoms with Gasteiger partial charge in [0.25, 0.3) is 17.6 Å². The van der Waals surface area contributed by atoms with Gasteiger partial charge in [-0.25, -0.2) is 0 Å². The number of thiophene rings is 1. The average molecular weight is 372 g/mol. The predicted molar refractivity (Wildman–Crippen MR) is 95.0 cm³/mol. The van der Waals surface area contributed by atoms with Crippen molar-refractivity contribution >= 4 is 40.6 Å². The second kappa shape index (κ2) is 7.49. The van der Waals surface area contributed by atoms with Crippen LogP contribution in [0.25, 0.3) is 0 Å². The number of fused-ring (bicyclic) bond motifs is 1. The number of benzene rings is 1. The normalized spacial score (nSPS) is 14.1. The van der Waals surface area contributed by atoms with Gasteiger partial charge in [-0.15, -0.1) is 11.3 Å². The van der Waals surface area contributed by atoms with Crippen LogP contribution in [0, 0.1) is 0 Å². The molecule has 2 aromatic rings. The molecule has 1 atom stereocenters. The summed E-state index contributed by atoms with van der Waals surface area (Å²) < 4.78 is 4.93. The van der Waals surface area contributed by atoms with Gasteiger partial charge in [-0.1, -0.05) is 18.2 Å². The molecule has 1 aliphatic rings. The van der Waals surface area contributed by atoms with E-state index < -0.39 is 36.7 Å². The number of rotatable bonds is 6. The van der Waals surface area contributed by atoms with Gasteiger partial charge < -0.3 is 10.1 Å². The topological polar surface area (TPSA) is 92.8 Å². The summed E-state index contributed by atoms with van der Waals surface area (Å²) in [4.78, 5) is 49.8. The first-order valence-electron chi connectivity index (χ1n) is 7.91. The van der Waals surface area contributed by atoms with Crippen LogP contribution in [0.15, 0.2) is 41.8 Å². The maximum absolute atomic E-state index is 12.0. The van der Waals surface area contributed by atoms with E-state index in [4.69, 9.17) is 4.74 Å². The molecule has 7 nitrogen and oxygen atoms in total. The van der Waals surface area contributed by atoms with Crippen LogP contribution in [0.5, 0.6) is 0 Å². The van der Waals surface area contributed by atoms with Crippen molar-refractivity contribution in [1.82, 2.24) is 5.32 Å². The number of anilines is 1. The third kappa shape index (κ3) is 3.65. The quantitative estimate of drug-likeness (QED) is 0.615. The van der Waals surface area contributed by atoms with Crippen molar-refractivity contribution in [3.8, 4) is 0 Å². The maximum Gasteiger partial charge on any atom is 0.326 e. The van der Waals surface area contributed by atoms with Crippen LogP contribution in [0.2, 0.25) is 0 Å². The van der Waals surface area contributed by atoms with Crippen molar-refractivity contribution in [2.75, 3.05) is 18.1 Å².